The van der Waals surface area contributed by atoms with Crippen molar-refractivity contribution in [3.05, 3.63) is 0 Å². The van der Waals surface area contributed by atoms with Crippen LogP contribution in [0.2, 0.25) is 0 Å². The van der Waals surface area contributed by atoms with Crippen molar-refractivity contribution in [1.82, 2.24) is 0 Å². The number of rotatable bonds is 8. The Kier molecular flexibility index (Phi) is 8.08. The summed E-state index contributed by atoms with van der Waals surface area (Å²) in [6.45, 7) is -3.90. The predicted molar refractivity (Wildman–Crippen MR) is 95.3 cm³/mol. The number of aliphatic hydroxyl groups is 10. The fraction of sp³-hybridized carbons (Fsp3) is 1.00. The quantitative estimate of drug-likeness (QED) is 0.157. The molecule has 188 valence electrons. The van der Waals surface area contributed by atoms with E-state index in [-0.39, 0.29) is 0 Å². The number of aliphatic hydroxyl groups excluding tert-OH is 10. The molecule has 3 saturated heterocycles. The maximum atomic E-state index is 10.6. The third-order valence-corrected chi connectivity index (χ3v) is 5.88. The molecule has 0 radical (unpaired) electrons. The minimum Gasteiger partial charge on any atom is -0.394 e. The third kappa shape index (κ3) is 4.40. The topological polar surface area (TPSA) is 248 Å². The van der Waals surface area contributed by atoms with Gasteiger partial charge >= 0.3 is 0 Å². The zero-order valence-corrected chi connectivity index (χ0v) is 16.8. The van der Waals surface area contributed by atoms with E-state index >= 15 is 0 Å². The van der Waals surface area contributed by atoms with E-state index in [1.165, 1.54) is 0 Å². The van der Waals surface area contributed by atoms with Crippen LogP contribution in [-0.2, 0) is 23.7 Å². The summed E-state index contributed by atoms with van der Waals surface area (Å²) in [5.74, 6) is -4.69. The number of hydrogen-bond donors (Lipinski definition) is 10. The number of hydrogen-bond acceptors (Lipinski definition) is 15. The van der Waals surface area contributed by atoms with E-state index in [0.29, 0.717) is 0 Å². The first kappa shape index (κ1) is 26.0. The normalized spacial score (nSPS) is 51.9. The Bertz CT molecular complexity index is 625. The van der Waals surface area contributed by atoms with Crippen LogP contribution in [0.15, 0.2) is 0 Å². The van der Waals surface area contributed by atoms with Crippen molar-refractivity contribution in [2.45, 2.75) is 72.8 Å². The van der Waals surface area contributed by atoms with Gasteiger partial charge in [0.15, 0.2) is 6.29 Å². The van der Waals surface area contributed by atoms with Crippen LogP contribution in [0, 0.1) is 0 Å². The molecule has 3 fully saturated rings. The second-order valence-corrected chi connectivity index (χ2v) is 7.99. The Morgan fingerprint density at radius 1 is 0.719 bits per heavy atom. The maximum absolute atomic E-state index is 10.6. The molecule has 12 atom stereocenters. The molecular formula is C17H30O15. The van der Waals surface area contributed by atoms with Gasteiger partial charge in [0.1, 0.15) is 68.1 Å². The lowest BCUT2D eigenvalue weighted by Gasteiger charge is -2.42. The fourth-order valence-electron chi connectivity index (χ4n) is 3.86. The van der Waals surface area contributed by atoms with Crippen LogP contribution in [0.25, 0.3) is 0 Å². The zero-order valence-electron chi connectivity index (χ0n) is 16.8. The Morgan fingerprint density at radius 2 is 1.25 bits per heavy atom. The molecule has 15 nitrogen and oxygen atoms in total. The molecule has 0 aromatic rings. The second kappa shape index (κ2) is 9.95. The molecule has 10 N–H and O–H groups in total. The Labute approximate surface area is 181 Å². The first-order valence-corrected chi connectivity index (χ1v) is 9.94. The highest BCUT2D eigenvalue weighted by Crippen LogP contribution is 2.39. The minimum absolute atomic E-state index is 0.464. The van der Waals surface area contributed by atoms with Gasteiger partial charge in [-0.15, -0.1) is 0 Å². The van der Waals surface area contributed by atoms with Gasteiger partial charge < -0.3 is 74.7 Å². The van der Waals surface area contributed by atoms with Crippen molar-refractivity contribution in [3.63, 3.8) is 0 Å². The van der Waals surface area contributed by atoms with Crippen molar-refractivity contribution in [1.29, 1.82) is 0 Å². The molecule has 0 amide bonds. The van der Waals surface area contributed by atoms with E-state index in [9.17, 15) is 51.1 Å². The van der Waals surface area contributed by atoms with E-state index in [1.54, 1.807) is 0 Å². The highest BCUT2D eigenvalue weighted by atomic mass is 16.8. The lowest BCUT2D eigenvalue weighted by atomic mass is 10.0. The fourth-order valence-corrected chi connectivity index (χ4v) is 3.86. The standard InChI is InChI=1S/C17H30O15/c18-1-7-10(23)13(26)16(4-20,30-7)29-5-17(14(27)11(24)8(2-19)31-17)32-15-12(25)9(22)6(21)3-28-15/h6-15,18-27H,1-5H2/t6-,7-,8-,9+,10-,11-,12-,13+,14+,15?,16?,17?/m1/s1. The average Bonchev–Trinajstić information content (AvgIpc) is 3.18. The third-order valence-electron chi connectivity index (χ3n) is 5.88. The van der Waals surface area contributed by atoms with Gasteiger partial charge in [0.05, 0.1) is 19.8 Å². The summed E-state index contributed by atoms with van der Waals surface area (Å²) in [4.78, 5) is 0. The zero-order chi connectivity index (χ0) is 23.8. The molecule has 3 unspecified atom stereocenters. The van der Waals surface area contributed by atoms with Gasteiger partial charge in [-0.25, -0.2) is 0 Å². The van der Waals surface area contributed by atoms with Crippen molar-refractivity contribution in [3.8, 4) is 0 Å². The Hall–Kier alpha value is -0.600. The summed E-state index contributed by atoms with van der Waals surface area (Å²) < 4.78 is 26.8. The van der Waals surface area contributed by atoms with Gasteiger partial charge in [0.2, 0.25) is 11.6 Å². The summed E-state index contributed by atoms with van der Waals surface area (Å²) in [5, 5.41) is 99.2. The van der Waals surface area contributed by atoms with Gasteiger partial charge in [0.25, 0.3) is 0 Å². The van der Waals surface area contributed by atoms with E-state index in [4.69, 9.17) is 23.7 Å². The molecule has 0 saturated carbocycles. The lowest BCUT2D eigenvalue weighted by molar-refractivity contribution is -0.390. The van der Waals surface area contributed by atoms with E-state index in [2.05, 4.69) is 0 Å². The Morgan fingerprint density at radius 3 is 1.75 bits per heavy atom. The van der Waals surface area contributed by atoms with Crippen molar-refractivity contribution in [2.75, 3.05) is 33.0 Å². The molecule has 3 aliphatic heterocycles. The van der Waals surface area contributed by atoms with E-state index in [1.807, 2.05) is 0 Å². The molecule has 0 aromatic carbocycles. The summed E-state index contributed by atoms with van der Waals surface area (Å²) in [5.41, 5.74) is 0. The second-order valence-electron chi connectivity index (χ2n) is 7.99. The van der Waals surface area contributed by atoms with E-state index in [0.717, 1.165) is 0 Å². The van der Waals surface area contributed by atoms with Crippen LogP contribution >= 0.6 is 0 Å². The predicted octanol–water partition coefficient (Wildman–Crippen LogP) is -6.93. The highest BCUT2D eigenvalue weighted by molar-refractivity contribution is 5.01. The average molecular weight is 474 g/mol. The van der Waals surface area contributed by atoms with Gasteiger partial charge in [-0.3, -0.25) is 0 Å². The molecule has 3 rings (SSSR count). The minimum atomic E-state index is -2.39. The first-order chi connectivity index (χ1) is 15.1. The molecule has 0 aromatic heterocycles. The Balaban J connectivity index is 1.84. The van der Waals surface area contributed by atoms with Crippen molar-refractivity contribution < 1.29 is 74.7 Å². The van der Waals surface area contributed by atoms with Crippen molar-refractivity contribution >= 4 is 0 Å². The van der Waals surface area contributed by atoms with Crippen LogP contribution in [0.4, 0.5) is 0 Å². The van der Waals surface area contributed by atoms with E-state index < -0.39 is 106 Å². The molecule has 3 aliphatic rings. The molecule has 0 aliphatic carbocycles. The summed E-state index contributed by atoms with van der Waals surface area (Å²) in [7, 11) is 0. The largest absolute Gasteiger partial charge is 0.394 e. The smallest absolute Gasteiger partial charge is 0.224 e. The lowest BCUT2D eigenvalue weighted by Crippen LogP contribution is -2.61. The molecular weight excluding hydrogens is 444 g/mol. The monoisotopic (exact) mass is 474 g/mol. The van der Waals surface area contributed by atoms with Crippen LogP contribution in [0.3, 0.4) is 0 Å². The molecule has 0 spiro atoms. The first-order valence-electron chi connectivity index (χ1n) is 9.94. The van der Waals surface area contributed by atoms with Gasteiger partial charge in [-0.05, 0) is 0 Å². The van der Waals surface area contributed by atoms with Gasteiger partial charge in [-0.2, -0.15) is 0 Å². The molecule has 15 heteroatoms. The van der Waals surface area contributed by atoms with Crippen molar-refractivity contribution in [2.24, 2.45) is 0 Å². The molecule has 32 heavy (non-hydrogen) atoms. The summed E-state index contributed by atoms with van der Waals surface area (Å²) in [6, 6.07) is 0. The van der Waals surface area contributed by atoms with Crippen LogP contribution in [-0.4, -0.2) is 157 Å². The van der Waals surface area contributed by atoms with Crippen LogP contribution in [0.1, 0.15) is 0 Å². The van der Waals surface area contributed by atoms with Gasteiger partial charge in [-0.1, -0.05) is 0 Å². The summed E-state index contributed by atoms with van der Waals surface area (Å²) in [6.07, 6.45) is -16.5. The molecule has 3 heterocycles. The summed E-state index contributed by atoms with van der Waals surface area (Å²) >= 11 is 0. The van der Waals surface area contributed by atoms with Crippen LogP contribution in [0.5, 0.6) is 0 Å². The SMILES string of the molecule is OC[C@H]1OC(CO)(OCC2(OC3OC[C@@H](O)[C@H](O)[C@H]3O)O[C@H](CO)[C@@H](O)[C@@H]2O)[C@@H](O)[C@@H]1O. The maximum Gasteiger partial charge on any atom is 0.224 e. The number of ether oxygens (including phenoxy) is 5. The van der Waals surface area contributed by atoms with Crippen LogP contribution < -0.4 is 0 Å². The highest BCUT2D eigenvalue weighted by Gasteiger charge is 2.61. The molecule has 0 bridgehead atoms. The van der Waals surface area contributed by atoms with Gasteiger partial charge in [0, 0.05) is 0 Å².